The number of benzene rings is 2. The summed E-state index contributed by atoms with van der Waals surface area (Å²) >= 11 is 8.59. The molecule has 0 saturated heterocycles. The smallest absolute Gasteiger partial charge is 0.257 e. The Balaban J connectivity index is 1.80. The number of amides is 1. The van der Waals surface area contributed by atoms with Gasteiger partial charge in [0.15, 0.2) is 5.11 Å². The van der Waals surface area contributed by atoms with Crippen molar-refractivity contribution in [3.05, 3.63) is 64.1 Å². The third kappa shape index (κ3) is 6.74. The van der Waals surface area contributed by atoms with Gasteiger partial charge in [-0.15, -0.1) is 0 Å². The van der Waals surface area contributed by atoms with Crippen LogP contribution in [0.25, 0.3) is 0 Å². The van der Waals surface area contributed by atoms with Crippen molar-refractivity contribution in [2.45, 2.75) is 6.42 Å². The summed E-state index contributed by atoms with van der Waals surface area (Å²) in [4.78, 5) is 12.3. The van der Waals surface area contributed by atoms with E-state index in [1.54, 1.807) is 25.3 Å². The minimum atomic E-state index is -0.272. The van der Waals surface area contributed by atoms with Crippen molar-refractivity contribution in [2.24, 2.45) is 0 Å². The largest absolute Gasteiger partial charge is 0.490 e. The average molecular weight is 437 g/mol. The molecule has 0 fully saturated rings. The van der Waals surface area contributed by atoms with E-state index in [1.807, 2.05) is 18.2 Å². The summed E-state index contributed by atoms with van der Waals surface area (Å²) < 4.78 is 11.2. The molecule has 5 nitrogen and oxygen atoms in total. The highest BCUT2D eigenvalue weighted by atomic mass is 79.9. The second-order valence-corrected chi connectivity index (χ2v) is 6.69. The summed E-state index contributed by atoms with van der Waals surface area (Å²) in [6.07, 6.45) is 0.829. The lowest BCUT2D eigenvalue weighted by molar-refractivity contribution is 0.0976. The number of thiocarbonyl (C=S) groups is 1. The van der Waals surface area contributed by atoms with Crippen molar-refractivity contribution in [2.75, 3.05) is 26.9 Å². The van der Waals surface area contributed by atoms with Gasteiger partial charge in [-0.25, -0.2) is 0 Å². The van der Waals surface area contributed by atoms with Gasteiger partial charge in [-0.3, -0.25) is 10.1 Å². The van der Waals surface area contributed by atoms with Gasteiger partial charge in [0.25, 0.3) is 5.91 Å². The second-order valence-electron chi connectivity index (χ2n) is 5.43. The van der Waals surface area contributed by atoms with Crippen LogP contribution >= 0.6 is 28.1 Å². The number of carbonyl (C=O) groups excluding carboxylic acids is 1. The molecule has 138 valence electrons. The Morgan fingerprint density at radius 1 is 1.15 bits per heavy atom. The first-order chi connectivity index (χ1) is 12.6. The van der Waals surface area contributed by atoms with Crippen LogP contribution in [0.2, 0.25) is 0 Å². The second kappa shape index (κ2) is 10.9. The van der Waals surface area contributed by atoms with Crippen molar-refractivity contribution in [3.8, 4) is 5.75 Å². The predicted molar refractivity (Wildman–Crippen MR) is 110 cm³/mol. The van der Waals surface area contributed by atoms with Gasteiger partial charge in [0, 0.05) is 19.2 Å². The van der Waals surface area contributed by atoms with Crippen LogP contribution in [0.3, 0.4) is 0 Å². The van der Waals surface area contributed by atoms with Crippen molar-refractivity contribution in [1.29, 1.82) is 0 Å². The normalized spacial score (nSPS) is 10.2. The molecule has 0 heterocycles. The average Bonchev–Trinajstić information content (AvgIpc) is 2.64. The number of halogens is 1. The molecule has 0 saturated carbocycles. The number of rotatable bonds is 8. The Kier molecular flexibility index (Phi) is 8.53. The number of hydrogen-bond acceptors (Lipinski definition) is 4. The van der Waals surface area contributed by atoms with Gasteiger partial charge >= 0.3 is 0 Å². The molecule has 0 aliphatic carbocycles. The Labute approximate surface area is 167 Å². The summed E-state index contributed by atoms with van der Waals surface area (Å²) in [5.41, 5.74) is 1.70. The van der Waals surface area contributed by atoms with Gasteiger partial charge in [0.2, 0.25) is 0 Å². The third-order valence-electron chi connectivity index (χ3n) is 3.51. The molecule has 2 aromatic rings. The van der Waals surface area contributed by atoms with E-state index in [9.17, 15) is 4.79 Å². The quantitative estimate of drug-likeness (QED) is 0.490. The van der Waals surface area contributed by atoms with E-state index in [4.69, 9.17) is 21.7 Å². The lowest BCUT2D eigenvalue weighted by Crippen LogP contribution is -2.40. The zero-order valence-corrected chi connectivity index (χ0v) is 16.9. The van der Waals surface area contributed by atoms with Crippen LogP contribution in [0.4, 0.5) is 0 Å². The number of carbonyl (C=O) groups is 1. The molecule has 1 amide bonds. The number of nitrogens with one attached hydrogen (secondary N) is 2. The molecule has 0 aliphatic heterocycles. The van der Waals surface area contributed by atoms with Crippen LogP contribution < -0.4 is 15.4 Å². The SMILES string of the molecule is COCCOc1ccc(C(=O)NC(=S)NCCc2ccccc2)cc1Br. The van der Waals surface area contributed by atoms with E-state index in [2.05, 4.69) is 38.7 Å². The van der Waals surface area contributed by atoms with E-state index >= 15 is 0 Å². The Morgan fingerprint density at radius 2 is 1.92 bits per heavy atom. The maximum Gasteiger partial charge on any atom is 0.257 e. The van der Waals surface area contributed by atoms with Gasteiger partial charge in [0.05, 0.1) is 11.1 Å². The highest BCUT2D eigenvalue weighted by molar-refractivity contribution is 9.10. The van der Waals surface area contributed by atoms with Crippen molar-refractivity contribution in [1.82, 2.24) is 10.6 Å². The Hall–Kier alpha value is -1.96. The van der Waals surface area contributed by atoms with Crippen LogP contribution in [0.1, 0.15) is 15.9 Å². The Morgan fingerprint density at radius 3 is 2.62 bits per heavy atom. The van der Waals surface area contributed by atoms with Gasteiger partial charge in [-0.1, -0.05) is 30.3 Å². The highest BCUT2D eigenvalue weighted by Gasteiger charge is 2.11. The first-order valence-electron chi connectivity index (χ1n) is 8.14. The fourth-order valence-electron chi connectivity index (χ4n) is 2.18. The molecule has 0 aliphatic rings. The number of methoxy groups -OCH3 is 1. The maximum absolute atomic E-state index is 12.3. The van der Waals surface area contributed by atoms with Crippen molar-refractivity contribution in [3.63, 3.8) is 0 Å². The zero-order chi connectivity index (χ0) is 18.8. The molecular weight excluding hydrogens is 416 g/mol. The molecule has 2 rings (SSSR count). The first kappa shape index (κ1) is 20.4. The maximum atomic E-state index is 12.3. The summed E-state index contributed by atoms with van der Waals surface area (Å²) in [6.45, 7) is 1.59. The molecule has 26 heavy (non-hydrogen) atoms. The highest BCUT2D eigenvalue weighted by Crippen LogP contribution is 2.26. The predicted octanol–water partition coefficient (Wildman–Crippen LogP) is 3.32. The fraction of sp³-hybridized carbons (Fsp3) is 0.263. The monoisotopic (exact) mass is 436 g/mol. The molecule has 0 bridgehead atoms. The standard InChI is InChI=1S/C19H21BrN2O3S/c1-24-11-12-25-17-8-7-15(13-16(17)20)18(23)22-19(26)21-10-9-14-5-3-2-4-6-14/h2-8,13H,9-12H2,1H3,(H2,21,22,23,26). The molecule has 2 N–H and O–H groups in total. The fourth-order valence-corrected chi connectivity index (χ4v) is 2.87. The topological polar surface area (TPSA) is 59.6 Å². The van der Waals surface area contributed by atoms with E-state index in [1.165, 1.54) is 5.56 Å². The van der Waals surface area contributed by atoms with Gasteiger partial charge < -0.3 is 14.8 Å². The molecule has 7 heteroatoms. The first-order valence-corrected chi connectivity index (χ1v) is 9.34. The van der Waals surface area contributed by atoms with Crippen molar-refractivity contribution < 1.29 is 14.3 Å². The Bertz CT molecular complexity index is 741. The summed E-state index contributed by atoms with van der Waals surface area (Å²) in [7, 11) is 1.61. The zero-order valence-electron chi connectivity index (χ0n) is 14.5. The van der Waals surface area contributed by atoms with E-state index in [-0.39, 0.29) is 5.91 Å². The lowest BCUT2D eigenvalue weighted by Gasteiger charge is -2.11. The molecule has 0 aromatic heterocycles. The van der Waals surface area contributed by atoms with E-state index in [0.717, 1.165) is 6.42 Å². The van der Waals surface area contributed by atoms with Crippen LogP contribution in [0.5, 0.6) is 5.75 Å². The number of ether oxygens (including phenoxy) is 2. The minimum Gasteiger partial charge on any atom is -0.490 e. The van der Waals surface area contributed by atoms with Crippen LogP contribution in [0.15, 0.2) is 53.0 Å². The lowest BCUT2D eigenvalue weighted by atomic mass is 10.1. The minimum absolute atomic E-state index is 0.272. The van der Waals surface area contributed by atoms with E-state index < -0.39 is 0 Å². The van der Waals surface area contributed by atoms with Crippen LogP contribution in [0, 0.1) is 0 Å². The van der Waals surface area contributed by atoms with E-state index in [0.29, 0.717) is 40.7 Å². The van der Waals surface area contributed by atoms with Crippen LogP contribution in [-0.2, 0) is 11.2 Å². The summed E-state index contributed by atoms with van der Waals surface area (Å²) in [5, 5.41) is 6.03. The summed E-state index contributed by atoms with van der Waals surface area (Å²) in [6, 6.07) is 15.2. The molecule has 0 radical (unpaired) electrons. The number of hydrogen-bond donors (Lipinski definition) is 2. The molecule has 0 atom stereocenters. The van der Waals surface area contributed by atoms with Gasteiger partial charge in [0.1, 0.15) is 12.4 Å². The van der Waals surface area contributed by atoms with Crippen LogP contribution in [-0.4, -0.2) is 37.9 Å². The van der Waals surface area contributed by atoms with Gasteiger partial charge in [-0.05, 0) is 58.3 Å². The summed E-state index contributed by atoms with van der Waals surface area (Å²) in [5.74, 6) is 0.383. The third-order valence-corrected chi connectivity index (χ3v) is 4.37. The molecule has 0 spiro atoms. The molecule has 0 unspecified atom stereocenters. The van der Waals surface area contributed by atoms with Gasteiger partial charge in [-0.2, -0.15) is 0 Å². The molecule has 2 aromatic carbocycles. The van der Waals surface area contributed by atoms with Crippen molar-refractivity contribution >= 4 is 39.2 Å². The molecular formula is C19H21BrN2O3S.